The fraction of sp³-hybridized carbons (Fsp3) is 0.500. The zero-order chi connectivity index (χ0) is 13.8. The van der Waals surface area contributed by atoms with E-state index < -0.39 is 0 Å². The van der Waals surface area contributed by atoms with Crippen LogP contribution in [0.3, 0.4) is 0 Å². The highest BCUT2D eigenvalue weighted by atomic mass is 16.5. The fourth-order valence-corrected chi connectivity index (χ4v) is 2.08. The Hall–Kier alpha value is -1.86. The molecule has 19 heavy (non-hydrogen) atoms. The standard InChI is InChI=1S/C12H20N6O/c1-4-18-6-5-14-11(18)7-9(15-13)10-8-12(19-3)17(2)16-10/h5-6,8-9,15H,4,7,13H2,1-3H3. The van der Waals surface area contributed by atoms with Crippen LogP contribution in [0.4, 0.5) is 0 Å². The van der Waals surface area contributed by atoms with Crippen LogP contribution in [0.1, 0.15) is 24.5 Å². The Kier molecular flexibility index (Phi) is 4.18. The predicted octanol–water partition coefficient (Wildman–Crippen LogP) is 0.392. The summed E-state index contributed by atoms with van der Waals surface area (Å²) in [6, 6.07) is 1.78. The number of nitrogens with one attached hydrogen (secondary N) is 1. The van der Waals surface area contributed by atoms with Gasteiger partial charge in [0.2, 0.25) is 5.88 Å². The third kappa shape index (κ3) is 2.77. The Morgan fingerprint density at radius 2 is 2.32 bits per heavy atom. The first-order chi connectivity index (χ1) is 9.19. The van der Waals surface area contributed by atoms with Crippen LogP contribution in [0.2, 0.25) is 0 Å². The smallest absolute Gasteiger partial charge is 0.211 e. The van der Waals surface area contributed by atoms with E-state index in [9.17, 15) is 0 Å². The SMILES string of the molecule is CCn1ccnc1CC(NN)c1cc(OC)n(C)n1. The summed E-state index contributed by atoms with van der Waals surface area (Å²) in [5.41, 5.74) is 3.63. The molecule has 104 valence electrons. The van der Waals surface area contributed by atoms with Crippen LogP contribution in [0, 0.1) is 0 Å². The molecule has 1 atom stereocenters. The summed E-state index contributed by atoms with van der Waals surface area (Å²) in [4.78, 5) is 4.35. The van der Waals surface area contributed by atoms with Gasteiger partial charge in [0.25, 0.3) is 0 Å². The number of hydrazine groups is 1. The average Bonchev–Trinajstić information content (AvgIpc) is 3.01. The second-order valence-electron chi connectivity index (χ2n) is 4.29. The molecule has 0 radical (unpaired) electrons. The lowest BCUT2D eigenvalue weighted by Crippen LogP contribution is -2.30. The molecule has 0 bridgehead atoms. The van der Waals surface area contributed by atoms with Gasteiger partial charge in [-0.15, -0.1) is 0 Å². The monoisotopic (exact) mass is 264 g/mol. The van der Waals surface area contributed by atoms with Gasteiger partial charge in [-0.2, -0.15) is 5.10 Å². The van der Waals surface area contributed by atoms with Crippen molar-refractivity contribution in [3.05, 3.63) is 30.0 Å². The third-order valence-electron chi connectivity index (χ3n) is 3.15. The first-order valence-corrected chi connectivity index (χ1v) is 6.23. The Labute approximate surface area is 112 Å². The second kappa shape index (κ2) is 5.85. The van der Waals surface area contributed by atoms with Crippen molar-refractivity contribution in [2.24, 2.45) is 12.9 Å². The molecule has 0 amide bonds. The topological polar surface area (TPSA) is 82.9 Å². The Morgan fingerprint density at radius 3 is 2.89 bits per heavy atom. The molecule has 0 aromatic carbocycles. The molecule has 0 saturated heterocycles. The first kappa shape index (κ1) is 13.6. The highest BCUT2D eigenvalue weighted by molar-refractivity contribution is 5.19. The summed E-state index contributed by atoms with van der Waals surface area (Å²) in [6.45, 7) is 2.97. The first-order valence-electron chi connectivity index (χ1n) is 6.23. The summed E-state index contributed by atoms with van der Waals surface area (Å²) in [5.74, 6) is 7.32. The number of aromatic nitrogens is 4. The number of rotatable bonds is 6. The van der Waals surface area contributed by atoms with Gasteiger partial charge in [-0.3, -0.25) is 11.3 Å². The van der Waals surface area contributed by atoms with E-state index in [4.69, 9.17) is 10.6 Å². The third-order valence-corrected chi connectivity index (χ3v) is 3.15. The highest BCUT2D eigenvalue weighted by Crippen LogP contribution is 2.20. The van der Waals surface area contributed by atoms with Crippen LogP contribution in [0.15, 0.2) is 18.5 Å². The number of methoxy groups -OCH3 is 1. The lowest BCUT2D eigenvalue weighted by Gasteiger charge is -2.13. The minimum absolute atomic E-state index is 0.0946. The van der Waals surface area contributed by atoms with E-state index in [0.717, 1.165) is 18.1 Å². The molecule has 0 spiro atoms. The van der Waals surface area contributed by atoms with Gasteiger partial charge in [0.1, 0.15) is 5.82 Å². The van der Waals surface area contributed by atoms with Gasteiger partial charge in [-0.05, 0) is 6.92 Å². The minimum Gasteiger partial charge on any atom is -0.481 e. The molecule has 7 nitrogen and oxygen atoms in total. The van der Waals surface area contributed by atoms with Crippen molar-refractivity contribution in [1.82, 2.24) is 24.8 Å². The van der Waals surface area contributed by atoms with Crippen LogP contribution in [0.25, 0.3) is 0 Å². The van der Waals surface area contributed by atoms with Crippen molar-refractivity contribution >= 4 is 0 Å². The Bertz CT molecular complexity index is 532. The number of ether oxygens (including phenoxy) is 1. The van der Waals surface area contributed by atoms with E-state index in [1.807, 2.05) is 19.3 Å². The molecule has 2 aromatic rings. The predicted molar refractivity (Wildman–Crippen MR) is 71.4 cm³/mol. The molecule has 0 aliphatic rings. The fourth-order valence-electron chi connectivity index (χ4n) is 2.08. The van der Waals surface area contributed by atoms with Gasteiger partial charge in [0, 0.05) is 38.5 Å². The molecule has 2 rings (SSSR count). The molecule has 7 heteroatoms. The van der Waals surface area contributed by atoms with E-state index in [0.29, 0.717) is 12.3 Å². The lowest BCUT2D eigenvalue weighted by atomic mass is 10.1. The van der Waals surface area contributed by atoms with E-state index >= 15 is 0 Å². The molecule has 3 N–H and O–H groups in total. The van der Waals surface area contributed by atoms with Gasteiger partial charge >= 0.3 is 0 Å². The van der Waals surface area contributed by atoms with Gasteiger partial charge < -0.3 is 9.30 Å². The lowest BCUT2D eigenvalue weighted by molar-refractivity contribution is 0.373. The van der Waals surface area contributed by atoms with E-state index in [1.54, 1.807) is 18.0 Å². The minimum atomic E-state index is -0.0946. The van der Waals surface area contributed by atoms with Crippen molar-refractivity contribution in [2.45, 2.75) is 25.9 Å². The van der Waals surface area contributed by atoms with Gasteiger partial charge in [0.05, 0.1) is 18.8 Å². The van der Waals surface area contributed by atoms with Crippen LogP contribution in [-0.4, -0.2) is 26.4 Å². The largest absolute Gasteiger partial charge is 0.481 e. The summed E-state index contributed by atoms with van der Waals surface area (Å²) < 4.78 is 8.99. The Balaban J connectivity index is 2.20. The molecule has 0 aliphatic carbocycles. The van der Waals surface area contributed by atoms with Gasteiger partial charge in [0.15, 0.2) is 0 Å². The number of aryl methyl sites for hydroxylation is 2. The molecular formula is C12H20N6O. The van der Waals surface area contributed by atoms with Crippen molar-refractivity contribution in [2.75, 3.05) is 7.11 Å². The Morgan fingerprint density at radius 1 is 1.53 bits per heavy atom. The summed E-state index contributed by atoms with van der Waals surface area (Å²) in [5, 5.41) is 4.40. The van der Waals surface area contributed by atoms with E-state index in [2.05, 4.69) is 27.0 Å². The normalized spacial score (nSPS) is 12.6. The van der Waals surface area contributed by atoms with E-state index in [-0.39, 0.29) is 6.04 Å². The van der Waals surface area contributed by atoms with Crippen LogP contribution in [-0.2, 0) is 20.0 Å². The number of nitrogens with zero attached hydrogens (tertiary/aromatic N) is 4. The molecule has 1 unspecified atom stereocenters. The van der Waals surface area contributed by atoms with Crippen LogP contribution < -0.4 is 16.0 Å². The number of hydrogen-bond acceptors (Lipinski definition) is 5. The number of hydrogen-bond donors (Lipinski definition) is 2. The van der Waals surface area contributed by atoms with Crippen molar-refractivity contribution in [1.29, 1.82) is 0 Å². The second-order valence-corrected chi connectivity index (χ2v) is 4.29. The van der Waals surface area contributed by atoms with Gasteiger partial charge in [-0.25, -0.2) is 9.67 Å². The maximum Gasteiger partial charge on any atom is 0.211 e. The summed E-state index contributed by atoms with van der Waals surface area (Å²) >= 11 is 0. The van der Waals surface area contributed by atoms with Gasteiger partial charge in [-0.1, -0.05) is 0 Å². The molecule has 0 aliphatic heterocycles. The molecule has 2 heterocycles. The molecule has 0 fully saturated rings. The number of imidazole rings is 1. The van der Waals surface area contributed by atoms with Crippen molar-refractivity contribution < 1.29 is 4.74 Å². The zero-order valence-electron chi connectivity index (χ0n) is 11.5. The van der Waals surface area contributed by atoms with E-state index in [1.165, 1.54) is 0 Å². The summed E-state index contributed by atoms with van der Waals surface area (Å²) in [6.07, 6.45) is 4.44. The zero-order valence-corrected chi connectivity index (χ0v) is 11.5. The maximum absolute atomic E-state index is 5.64. The molecule has 0 saturated carbocycles. The maximum atomic E-state index is 5.64. The average molecular weight is 264 g/mol. The highest BCUT2D eigenvalue weighted by Gasteiger charge is 2.18. The van der Waals surface area contributed by atoms with Crippen LogP contribution in [0.5, 0.6) is 5.88 Å². The quantitative estimate of drug-likeness (QED) is 0.582. The molecule has 2 aromatic heterocycles. The number of nitrogens with two attached hydrogens (primary N) is 1. The van der Waals surface area contributed by atoms with Crippen LogP contribution >= 0.6 is 0 Å². The van der Waals surface area contributed by atoms with Crippen molar-refractivity contribution in [3.8, 4) is 5.88 Å². The summed E-state index contributed by atoms with van der Waals surface area (Å²) in [7, 11) is 3.46. The molecular weight excluding hydrogens is 244 g/mol. The van der Waals surface area contributed by atoms with Crippen molar-refractivity contribution in [3.63, 3.8) is 0 Å².